The Morgan fingerprint density at radius 3 is 2.59 bits per heavy atom. The van der Waals surface area contributed by atoms with Gasteiger partial charge >= 0.3 is 0 Å². The first-order chi connectivity index (χ1) is 7.76. The zero-order valence-electron chi connectivity index (χ0n) is 10.7. The number of rotatable bonds is 3. The Morgan fingerprint density at radius 1 is 1.41 bits per heavy atom. The summed E-state index contributed by atoms with van der Waals surface area (Å²) in [5.41, 5.74) is 5.93. The van der Waals surface area contributed by atoms with Crippen molar-refractivity contribution in [2.45, 2.75) is 25.3 Å². The van der Waals surface area contributed by atoms with Gasteiger partial charge in [0, 0.05) is 38.3 Å². The highest BCUT2D eigenvalue weighted by atomic mass is 32.2. The van der Waals surface area contributed by atoms with Gasteiger partial charge in [-0.25, -0.2) is 12.7 Å². The number of nitrogens with two attached hydrogens (primary N) is 1. The molecule has 0 aromatic rings. The first kappa shape index (κ1) is 13.3. The maximum absolute atomic E-state index is 11.5. The fourth-order valence-electron chi connectivity index (χ4n) is 2.95. The third-order valence-corrected chi connectivity index (χ3v) is 4.91. The van der Waals surface area contributed by atoms with Crippen LogP contribution in [0.15, 0.2) is 0 Å². The van der Waals surface area contributed by atoms with E-state index in [1.807, 2.05) is 0 Å². The fourth-order valence-corrected chi connectivity index (χ4v) is 3.89. The summed E-state index contributed by atoms with van der Waals surface area (Å²) in [6, 6.07) is 0. The Labute approximate surface area is 104 Å². The first-order valence-corrected chi connectivity index (χ1v) is 8.07. The average molecular weight is 261 g/mol. The first-order valence-electron chi connectivity index (χ1n) is 6.23. The van der Waals surface area contributed by atoms with Crippen molar-refractivity contribution in [2.75, 3.05) is 39.0 Å². The molecular weight excluding hydrogens is 238 g/mol. The molecule has 5 nitrogen and oxygen atoms in total. The van der Waals surface area contributed by atoms with Crippen molar-refractivity contribution in [2.24, 2.45) is 11.7 Å². The van der Waals surface area contributed by atoms with Crippen LogP contribution < -0.4 is 5.73 Å². The molecule has 6 heteroatoms. The second kappa shape index (κ2) is 4.50. The van der Waals surface area contributed by atoms with Gasteiger partial charge in [0.15, 0.2) is 0 Å². The van der Waals surface area contributed by atoms with Gasteiger partial charge in [-0.1, -0.05) is 0 Å². The van der Waals surface area contributed by atoms with E-state index in [0.717, 1.165) is 32.5 Å². The molecule has 0 aromatic heterocycles. The topological polar surface area (TPSA) is 66.6 Å². The molecule has 0 amide bonds. The maximum atomic E-state index is 11.5. The fraction of sp³-hybridized carbons (Fsp3) is 1.00. The standard InChI is InChI=1S/C11H23N3O2S/c1-11(12)8-13(9-11)6-10-4-3-5-14(7-10)17(2,15)16/h10H,3-9,12H2,1-2H3. The van der Waals surface area contributed by atoms with Crippen LogP contribution >= 0.6 is 0 Å². The molecule has 0 bridgehead atoms. The molecule has 0 saturated carbocycles. The number of likely N-dealkylation sites (tertiary alicyclic amines) is 1. The normalized spacial score (nSPS) is 31.1. The Hall–Kier alpha value is -0.170. The van der Waals surface area contributed by atoms with Crippen LogP contribution in [0.1, 0.15) is 19.8 Å². The van der Waals surface area contributed by atoms with Crippen molar-refractivity contribution in [1.29, 1.82) is 0 Å². The SMILES string of the molecule is CC1(N)CN(CC2CCCN(S(C)(=O)=O)C2)C1. The predicted octanol–water partition coefficient (Wildman–Crippen LogP) is -0.309. The predicted molar refractivity (Wildman–Crippen MR) is 68.2 cm³/mol. The van der Waals surface area contributed by atoms with Gasteiger partial charge in [-0.2, -0.15) is 0 Å². The number of sulfonamides is 1. The average Bonchev–Trinajstić information content (AvgIpc) is 2.14. The molecule has 1 atom stereocenters. The minimum absolute atomic E-state index is 0.0365. The van der Waals surface area contributed by atoms with Crippen LogP contribution in [0.5, 0.6) is 0 Å². The van der Waals surface area contributed by atoms with Crippen LogP contribution in [0.25, 0.3) is 0 Å². The van der Waals surface area contributed by atoms with Crippen molar-refractivity contribution in [1.82, 2.24) is 9.21 Å². The highest BCUT2D eigenvalue weighted by Gasteiger charge is 2.36. The summed E-state index contributed by atoms with van der Waals surface area (Å²) in [5.74, 6) is 0.467. The van der Waals surface area contributed by atoms with Crippen molar-refractivity contribution in [3.63, 3.8) is 0 Å². The van der Waals surface area contributed by atoms with Crippen LogP contribution in [-0.4, -0.2) is 62.1 Å². The van der Waals surface area contributed by atoms with Crippen LogP contribution in [0, 0.1) is 5.92 Å². The molecule has 2 saturated heterocycles. The minimum Gasteiger partial charge on any atom is -0.323 e. The molecule has 0 spiro atoms. The van der Waals surface area contributed by atoms with Crippen LogP contribution in [-0.2, 0) is 10.0 Å². The van der Waals surface area contributed by atoms with Gasteiger partial charge in [0.1, 0.15) is 0 Å². The summed E-state index contributed by atoms with van der Waals surface area (Å²) in [4.78, 5) is 2.33. The van der Waals surface area contributed by atoms with E-state index in [4.69, 9.17) is 5.73 Å². The zero-order chi connectivity index (χ0) is 12.7. The lowest BCUT2D eigenvalue weighted by Gasteiger charge is -2.47. The van der Waals surface area contributed by atoms with Crippen molar-refractivity contribution in [3.8, 4) is 0 Å². The van der Waals surface area contributed by atoms with Gasteiger partial charge in [0.05, 0.1) is 6.26 Å². The van der Waals surface area contributed by atoms with E-state index < -0.39 is 10.0 Å². The molecule has 100 valence electrons. The highest BCUT2D eigenvalue weighted by Crippen LogP contribution is 2.24. The number of hydrogen-bond acceptors (Lipinski definition) is 4. The lowest BCUT2D eigenvalue weighted by Crippen LogP contribution is -2.66. The summed E-state index contributed by atoms with van der Waals surface area (Å²) in [5, 5.41) is 0. The largest absolute Gasteiger partial charge is 0.323 e. The second-order valence-electron chi connectivity index (χ2n) is 5.95. The van der Waals surface area contributed by atoms with Crippen molar-refractivity contribution >= 4 is 10.0 Å². The van der Waals surface area contributed by atoms with E-state index in [2.05, 4.69) is 11.8 Å². The van der Waals surface area contributed by atoms with E-state index in [1.165, 1.54) is 6.26 Å². The summed E-state index contributed by atoms with van der Waals surface area (Å²) in [7, 11) is -3.02. The van der Waals surface area contributed by atoms with Crippen LogP contribution in [0.3, 0.4) is 0 Å². The smallest absolute Gasteiger partial charge is 0.211 e. The van der Waals surface area contributed by atoms with E-state index >= 15 is 0 Å². The Kier molecular flexibility index (Phi) is 3.51. The van der Waals surface area contributed by atoms with E-state index in [1.54, 1.807) is 4.31 Å². The maximum Gasteiger partial charge on any atom is 0.211 e. The van der Waals surface area contributed by atoms with Gasteiger partial charge in [-0.15, -0.1) is 0 Å². The molecule has 2 N–H and O–H groups in total. The molecule has 2 rings (SSSR count). The molecule has 2 aliphatic heterocycles. The van der Waals surface area contributed by atoms with Crippen LogP contribution in [0.4, 0.5) is 0 Å². The number of hydrogen-bond donors (Lipinski definition) is 1. The molecule has 0 radical (unpaired) electrons. The van der Waals surface area contributed by atoms with Gasteiger partial charge in [-0.05, 0) is 25.7 Å². The van der Waals surface area contributed by atoms with E-state index in [9.17, 15) is 8.42 Å². The summed E-state index contributed by atoms with van der Waals surface area (Å²) in [6.45, 7) is 6.28. The third kappa shape index (κ3) is 3.40. The highest BCUT2D eigenvalue weighted by molar-refractivity contribution is 7.88. The van der Waals surface area contributed by atoms with E-state index in [0.29, 0.717) is 19.0 Å². The Morgan fingerprint density at radius 2 is 2.06 bits per heavy atom. The summed E-state index contributed by atoms with van der Waals surface area (Å²) >= 11 is 0. The molecule has 2 heterocycles. The van der Waals surface area contributed by atoms with Crippen LogP contribution in [0.2, 0.25) is 0 Å². The van der Waals surface area contributed by atoms with Crippen molar-refractivity contribution < 1.29 is 8.42 Å². The molecule has 0 aromatic carbocycles. The van der Waals surface area contributed by atoms with Gasteiger partial charge in [-0.3, -0.25) is 4.90 Å². The molecular formula is C11H23N3O2S. The number of nitrogens with zero attached hydrogens (tertiary/aromatic N) is 2. The second-order valence-corrected chi connectivity index (χ2v) is 7.94. The monoisotopic (exact) mass is 261 g/mol. The molecule has 1 unspecified atom stereocenters. The van der Waals surface area contributed by atoms with Gasteiger partial charge in [0.25, 0.3) is 0 Å². The molecule has 0 aliphatic carbocycles. The number of piperidine rings is 1. The summed E-state index contributed by atoms with van der Waals surface area (Å²) in [6.07, 6.45) is 3.41. The quantitative estimate of drug-likeness (QED) is 0.757. The summed E-state index contributed by atoms with van der Waals surface area (Å²) < 4.78 is 24.6. The molecule has 2 fully saturated rings. The van der Waals surface area contributed by atoms with Gasteiger partial charge in [0.2, 0.25) is 10.0 Å². The lowest BCUT2D eigenvalue weighted by molar-refractivity contribution is 0.0562. The lowest BCUT2D eigenvalue weighted by atomic mass is 9.90. The Bertz CT molecular complexity index is 372. The molecule has 2 aliphatic rings. The zero-order valence-corrected chi connectivity index (χ0v) is 11.5. The van der Waals surface area contributed by atoms with E-state index in [-0.39, 0.29) is 5.54 Å². The molecule has 17 heavy (non-hydrogen) atoms. The third-order valence-electron chi connectivity index (χ3n) is 3.64. The van der Waals surface area contributed by atoms with Gasteiger partial charge < -0.3 is 5.73 Å². The minimum atomic E-state index is -3.02. The Balaban J connectivity index is 1.83. The van der Waals surface area contributed by atoms with Crippen molar-refractivity contribution in [3.05, 3.63) is 0 Å².